The summed E-state index contributed by atoms with van der Waals surface area (Å²) in [5, 5.41) is 10.6. The van der Waals surface area contributed by atoms with E-state index in [-0.39, 0.29) is 6.10 Å². The van der Waals surface area contributed by atoms with Crippen molar-refractivity contribution >= 4 is 0 Å². The van der Waals surface area contributed by atoms with E-state index in [9.17, 15) is 5.11 Å². The van der Waals surface area contributed by atoms with Crippen LogP contribution in [0.15, 0.2) is 18.2 Å². The highest BCUT2D eigenvalue weighted by Crippen LogP contribution is 2.35. The molecule has 0 bridgehead atoms. The van der Waals surface area contributed by atoms with E-state index in [0.717, 1.165) is 5.56 Å². The lowest BCUT2D eigenvalue weighted by Crippen LogP contribution is -2.37. The largest absolute Gasteiger partial charge is 0.385 e. The number of benzene rings is 1. The zero-order chi connectivity index (χ0) is 11.8. The minimum atomic E-state index is -0.698. The van der Waals surface area contributed by atoms with Crippen LogP contribution in [0.5, 0.6) is 0 Å². The zero-order valence-corrected chi connectivity index (χ0v) is 10.3. The normalized spacial score (nSPS) is 30.4. The van der Waals surface area contributed by atoms with Gasteiger partial charge in [0.15, 0.2) is 0 Å². The molecule has 1 fully saturated rings. The number of aryl methyl sites for hydroxylation is 2. The molecule has 2 nitrogen and oxygen atoms in total. The van der Waals surface area contributed by atoms with E-state index < -0.39 is 5.60 Å². The second-order valence-corrected chi connectivity index (χ2v) is 4.97. The van der Waals surface area contributed by atoms with Gasteiger partial charge in [-0.2, -0.15) is 0 Å². The monoisotopic (exact) mass is 220 g/mol. The van der Waals surface area contributed by atoms with Gasteiger partial charge in [0, 0.05) is 12.8 Å². The molecule has 88 valence electrons. The van der Waals surface area contributed by atoms with Crippen molar-refractivity contribution in [2.45, 2.75) is 45.3 Å². The number of hydrogen-bond donors (Lipinski definition) is 1. The Morgan fingerprint density at radius 3 is 2.69 bits per heavy atom. The average Bonchev–Trinajstić information content (AvgIpc) is 2.21. The Labute approximate surface area is 97.3 Å². The standard InChI is InChI=1S/C14H20O2/c1-10-4-5-13(8-11(10)2)14(15)6-7-16-12(3)9-14/h4-5,8,12,15H,6-7,9H2,1-3H3. The number of rotatable bonds is 1. The Morgan fingerprint density at radius 1 is 1.31 bits per heavy atom. The van der Waals surface area contributed by atoms with Crippen LogP contribution in [0.1, 0.15) is 36.5 Å². The van der Waals surface area contributed by atoms with Crippen molar-refractivity contribution in [3.05, 3.63) is 34.9 Å². The zero-order valence-electron chi connectivity index (χ0n) is 10.3. The fourth-order valence-corrected chi connectivity index (χ4v) is 2.36. The van der Waals surface area contributed by atoms with Crippen molar-refractivity contribution in [1.29, 1.82) is 0 Å². The molecule has 0 spiro atoms. The second-order valence-electron chi connectivity index (χ2n) is 4.97. The Kier molecular flexibility index (Phi) is 3.04. The molecule has 2 atom stereocenters. The van der Waals surface area contributed by atoms with Gasteiger partial charge in [-0.1, -0.05) is 18.2 Å². The van der Waals surface area contributed by atoms with E-state index in [2.05, 4.69) is 26.0 Å². The summed E-state index contributed by atoms with van der Waals surface area (Å²) in [6.07, 6.45) is 1.52. The van der Waals surface area contributed by atoms with E-state index in [0.29, 0.717) is 19.4 Å². The van der Waals surface area contributed by atoms with Gasteiger partial charge in [0.25, 0.3) is 0 Å². The molecule has 0 amide bonds. The third kappa shape index (κ3) is 2.13. The summed E-state index contributed by atoms with van der Waals surface area (Å²) in [7, 11) is 0. The highest BCUT2D eigenvalue weighted by molar-refractivity contribution is 5.33. The Bertz CT molecular complexity index is 386. The van der Waals surface area contributed by atoms with Gasteiger partial charge in [0.1, 0.15) is 0 Å². The van der Waals surface area contributed by atoms with Crippen LogP contribution in [0, 0.1) is 13.8 Å². The summed E-state index contributed by atoms with van der Waals surface area (Å²) < 4.78 is 5.49. The van der Waals surface area contributed by atoms with Crippen LogP contribution in [0.3, 0.4) is 0 Å². The van der Waals surface area contributed by atoms with Crippen LogP contribution in [-0.4, -0.2) is 17.8 Å². The Hall–Kier alpha value is -0.860. The topological polar surface area (TPSA) is 29.5 Å². The van der Waals surface area contributed by atoms with E-state index in [1.807, 2.05) is 13.0 Å². The van der Waals surface area contributed by atoms with Crippen molar-refractivity contribution in [3.8, 4) is 0 Å². The van der Waals surface area contributed by atoms with E-state index in [1.165, 1.54) is 11.1 Å². The quantitative estimate of drug-likeness (QED) is 0.788. The molecule has 2 rings (SSSR count). The summed E-state index contributed by atoms with van der Waals surface area (Å²) in [5.41, 5.74) is 2.85. The molecule has 1 aliphatic heterocycles. The van der Waals surface area contributed by atoms with Crippen LogP contribution in [0.2, 0.25) is 0 Å². The van der Waals surface area contributed by atoms with E-state index in [1.54, 1.807) is 0 Å². The summed E-state index contributed by atoms with van der Waals surface area (Å²) in [5.74, 6) is 0. The summed E-state index contributed by atoms with van der Waals surface area (Å²) >= 11 is 0. The lowest BCUT2D eigenvalue weighted by Gasteiger charge is -2.36. The van der Waals surface area contributed by atoms with E-state index >= 15 is 0 Å². The van der Waals surface area contributed by atoms with Gasteiger partial charge < -0.3 is 9.84 Å². The fraction of sp³-hybridized carbons (Fsp3) is 0.571. The summed E-state index contributed by atoms with van der Waals surface area (Å²) in [6.45, 7) is 6.84. The van der Waals surface area contributed by atoms with Gasteiger partial charge in [0.2, 0.25) is 0 Å². The third-order valence-electron chi connectivity index (χ3n) is 3.59. The maximum Gasteiger partial charge on any atom is 0.0943 e. The van der Waals surface area contributed by atoms with Crippen molar-refractivity contribution in [2.75, 3.05) is 6.61 Å². The smallest absolute Gasteiger partial charge is 0.0943 e. The molecule has 1 aliphatic rings. The van der Waals surface area contributed by atoms with Crippen LogP contribution in [0.25, 0.3) is 0 Å². The molecule has 0 aromatic heterocycles. The molecule has 0 radical (unpaired) electrons. The maximum atomic E-state index is 10.6. The minimum Gasteiger partial charge on any atom is -0.385 e. The van der Waals surface area contributed by atoms with Gasteiger partial charge in [-0.25, -0.2) is 0 Å². The highest BCUT2D eigenvalue weighted by atomic mass is 16.5. The van der Waals surface area contributed by atoms with Crippen molar-refractivity contribution in [1.82, 2.24) is 0 Å². The molecular formula is C14H20O2. The first-order valence-electron chi connectivity index (χ1n) is 5.93. The summed E-state index contributed by atoms with van der Waals surface area (Å²) in [4.78, 5) is 0. The van der Waals surface area contributed by atoms with Gasteiger partial charge >= 0.3 is 0 Å². The molecule has 1 heterocycles. The molecule has 1 N–H and O–H groups in total. The molecule has 2 unspecified atom stereocenters. The van der Waals surface area contributed by atoms with Crippen molar-refractivity contribution in [2.24, 2.45) is 0 Å². The minimum absolute atomic E-state index is 0.139. The van der Waals surface area contributed by atoms with Crippen molar-refractivity contribution < 1.29 is 9.84 Å². The first-order chi connectivity index (χ1) is 7.51. The predicted octanol–water partition coefficient (Wildman–Crippen LogP) is 2.69. The molecule has 0 aliphatic carbocycles. The average molecular weight is 220 g/mol. The maximum absolute atomic E-state index is 10.6. The lowest BCUT2D eigenvalue weighted by molar-refractivity contribution is -0.101. The lowest BCUT2D eigenvalue weighted by atomic mass is 9.83. The van der Waals surface area contributed by atoms with Crippen molar-refractivity contribution in [3.63, 3.8) is 0 Å². The van der Waals surface area contributed by atoms with Crippen LogP contribution in [0.4, 0.5) is 0 Å². The van der Waals surface area contributed by atoms with Crippen LogP contribution >= 0.6 is 0 Å². The highest BCUT2D eigenvalue weighted by Gasteiger charge is 2.34. The molecular weight excluding hydrogens is 200 g/mol. The van der Waals surface area contributed by atoms with Gasteiger partial charge in [-0.15, -0.1) is 0 Å². The first-order valence-corrected chi connectivity index (χ1v) is 5.93. The molecule has 1 aromatic carbocycles. The molecule has 1 aromatic rings. The van der Waals surface area contributed by atoms with Gasteiger partial charge in [0.05, 0.1) is 18.3 Å². The third-order valence-corrected chi connectivity index (χ3v) is 3.59. The molecule has 1 saturated heterocycles. The Morgan fingerprint density at radius 2 is 2.06 bits per heavy atom. The molecule has 0 saturated carbocycles. The van der Waals surface area contributed by atoms with Crippen LogP contribution in [-0.2, 0) is 10.3 Å². The van der Waals surface area contributed by atoms with E-state index in [4.69, 9.17) is 4.74 Å². The first kappa shape index (κ1) is 11.6. The van der Waals surface area contributed by atoms with Gasteiger partial charge in [-0.3, -0.25) is 0 Å². The number of hydrogen-bond acceptors (Lipinski definition) is 2. The van der Waals surface area contributed by atoms with Gasteiger partial charge in [-0.05, 0) is 37.5 Å². The molecule has 16 heavy (non-hydrogen) atoms. The number of ether oxygens (including phenoxy) is 1. The second kappa shape index (κ2) is 4.19. The van der Waals surface area contributed by atoms with Crippen LogP contribution < -0.4 is 0 Å². The Balaban J connectivity index is 2.31. The number of aliphatic hydroxyl groups is 1. The fourth-order valence-electron chi connectivity index (χ4n) is 2.36. The SMILES string of the molecule is Cc1ccc(C2(O)CCOC(C)C2)cc1C. The predicted molar refractivity (Wildman–Crippen MR) is 64.5 cm³/mol. The summed E-state index contributed by atoms with van der Waals surface area (Å²) in [6, 6.07) is 6.23. The molecule has 2 heteroatoms.